The smallest absolute Gasteiger partial charge is 0.175 e. The van der Waals surface area contributed by atoms with Crippen LogP contribution < -0.4 is 0 Å². The molecule has 1 N–H and O–H groups in total. The highest BCUT2D eigenvalue weighted by molar-refractivity contribution is 7.90. The number of aryl methyl sites for hydroxylation is 1. The fourth-order valence-electron chi connectivity index (χ4n) is 3.69. The van der Waals surface area contributed by atoms with Crippen molar-refractivity contribution in [3.05, 3.63) is 76.9 Å². The van der Waals surface area contributed by atoms with Crippen molar-refractivity contribution in [3.8, 4) is 26.7 Å². The number of aliphatic hydroxyl groups is 1. The van der Waals surface area contributed by atoms with Crippen LogP contribution in [0.25, 0.3) is 26.7 Å². The molecule has 0 fully saturated rings. The first-order valence-electron chi connectivity index (χ1n) is 10.5. The minimum Gasteiger partial charge on any atom is -0.384 e. The number of nitrogens with zero attached hydrogens (tertiary/aromatic N) is 2. The first-order valence-corrected chi connectivity index (χ1v) is 13.6. The third kappa shape index (κ3) is 4.64. The molecule has 0 amide bonds. The average molecular weight is 501 g/mol. The Bertz CT molecular complexity index is 1430. The summed E-state index contributed by atoms with van der Waals surface area (Å²) in [5.41, 5.74) is 2.71. The van der Waals surface area contributed by atoms with Crippen molar-refractivity contribution in [1.82, 2.24) is 9.78 Å². The summed E-state index contributed by atoms with van der Waals surface area (Å²) < 4.78 is 25.8. The third-order valence-electron chi connectivity index (χ3n) is 5.39. The molecule has 2 aromatic carbocycles. The maximum atomic E-state index is 12.0. The van der Waals surface area contributed by atoms with Crippen LogP contribution in [-0.4, -0.2) is 29.6 Å². The van der Waals surface area contributed by atoms with Crippen molar-refractivity contribution in [2.45, 2.75) is 37.7 Å². The van der Waals surface area contributed by atoms with Crippen LogP contribution in [0, 0.1) is 0 Å². The number of para-hydroxylation sites is 1. The van der Waals surface area contributed by atoms with Crippen LogP contribution >= 0.6 is 22.9 Å². The zero-order valence-electron chi connectivity index (χ0n) is 18.8. The Hall–Kier alpha value is -2.45. The largest absolute Gasteiger partial charge is 0.384 e. The minimum atomic E-state index is -3.31. The van der Waals surface area contributed by atoms with E-state index < -0.39 is 15.4 Å². The lowest BCUT2D eigenvalue weighted by Gasteiger charge is -2.14. The van der Waals surface area contributed by atoms with E-state index >= 15 is 0 Å². The van der Waals surface area contributed by atoms with Gasteiger partial charge in [0.05, 0.1) is 20.5 Å². The first kappa shape index (κ1) is 23.7. The second kappa shape index (κ2) is 8.72. The minimum absolute atomic E-state index is 0.277. The maximum absolute atomic E-state index is 12.0. The first-order chi connectivity index (χ1) is 15.5. The normalized spacial score (nSPS) is 12.3. The quantitative estimate of drug-likeness (QED) is 0.346. The number of benzene rings is 2. The van der Waals surface area contributed by atoms with Crippen LogP contribution in [0.3, 0.4) is 0 Å². The van der Waals surface area contributed by atoms with Gasteiger partial charge in [0.1, 0.15) is 17.0 Å². The van der Waals surface area contributed by atoms with Crippen LogP contribution in [0.5, 0.6) is 0 Å². The van der Waals surface area contributed by atoms with E-state index in [1.165, 1.54) is 17.6 Å². The Kier molecular flexibility index (Phi) is 6.26. The standard InChI is InChI=1S/C25H25ClN2O3S2/c1-5-16-9-6-7-12-19(16)28-23(22(26)24(27-28)25(2,3)29)21-14-13-20(32-21)17-10-8-11-18(15-17)33(4,30)31/h6-15,29H,5H2,1-4H3. The molecule has 0 aliphatic heterocycles. The van der Waals surface area contributed by atoms with Crippen molar-refractivity contribution < 1.29 is 13.5 Å². The van der Waals surface area contributed by atoms with Crippen LogP contribution in [-0.2, 0) is 21.9 Å². The molecule has 0 saturated heterocycles. The van der Waals surface area contributed by atoms with Gasteiger partial charge in [0.2, 0.25) is 0 Å². The van der Waals surface area contributed by atoms with Gasteiger partial charge in [-0.2, -0.15) is 5.10 Å². The van der Waals surface area contributed by atoms with E-state index in [1.807, 2.05) is 36.4 Å². The molecule has 0 unspecified atom stereocenters. The van der Waals surface area contributed by atoms with E-state index in [2.05, 4.69) is 13.0 Å². The molecular formula is C25H25ClN2O3S2. The molecule has 0 spiro atoms. The van der Waals surface area contributed by atoms with Crippen LogP contribution in [0.4, 0.5) is 0 Å². The van der Waals surface area contributed by atoms with Gasteiger partial charge < -0.3 is 5.11 Å². The molecule has 8 heteroatoms. The van der Waals surface area contributed by atoms with E-state index in [0.29, 0.717) is 16.4 Å². The van der Waals surface area contributed by atoms with E-state index in [-0.39, 0.29) is 4.90 Å². The van der Waals surface area contributed by atoms with Crippen LogP contribution in [0.15, 0.2) is 65.6 Å². The van der Waals surface area contributed by atoms with Crippen molar-refractivity contribution >= 4 is 32.8 Å². The summed E-state index contributed by atoms with van der Waals surface area (Å²) in [4.78, 5) is 2.06. The van der Waals surface area contributed by atoms with Crippen LogP contribution in [0.1, 0.15) is 32.0 Å². The molecule has 33 heavy (non-hydrogen) atoms. The van der Waals surface area contributed by atoms with E-state index in [1.54, 1.807) is 36.7 Å². The number of thiophene rings is 1. The van der Waals surface area contributed by atoms with Gasteiger partial charge in [-0.05, 0) is 61.7 Å². The number of aromatic nitrogens is 2. The number of hydrogen-bond acceptors (Lipinski definition) is 5. The molecule has 5 nitrogen and oxygen atoms in total. The summed E-state index contributed by atoms with van der Waals surface area (Å²) in [6.45, 7) is 5.41. The second-order valence-electron chi connectivity index (χ2n) is 8.43. The lowest BCUT2D eigenvalue weighted by atomic mass is 10.1. The number of sulfone groups is 1. The molecule has 0 bridgehead atoms. The predicted octanol–water partition coefficient (Wildman–Crippen LogP) is 6.11. The zero-order chi connectivity index (χ0) is 24.0. The molecule has 0 saturated carbocycles. The molecule has 0 atom stereocenters. The molecule has 172 valence electrons. The summed E-state index contributed by atoms with van der Waals surface area (Å²) in [7, 11) is -3.31. The molecule has 4 aromatic rings. The Morgan fingerprint density at radius 3 is 2.42 bits per heavy atom. The highest BCUT2D eigenvalue weighted by atomic mass is 35.5. The van der Waals surface area contributed by atoms with Gasteiger partial charge in [-0.3, -0.25) is 0 Å². The summed E-state index contributed by atoms with van der Waals surface area (Å²) in [6.07, 6.45) is 2.02. The fraction of sp³-hybridized carbons (Fsp3) is 0.240. The monoisotopic (exact) mass is 500 g/mol. The van der Waals surface area contributed by atoms with Gasteiger partial charge in [-0.25, -0.2) is 13.1 Å². The van der Waals surface area contributed by atoms with Gasteiger partial charge in [-0.1, -0.05) is 48.9 Å². The predicted molar refractivity (Wildman–Crippen MR) is 135 cm³/mol. The number of hydrogen-bond donors (Lipinski definition) is 1. The van der Waals surface area contributed by atoms with E-state index in [4.69, 9.17) is 16.7 Å². The SMILES string of the molecule is CCc1ccccc1-n1nc(C(C)(C)O)c(Cl)c1-c1ccc(-c2cccc(S(C)(=O)=O)c2)s1. The zero-order valence-corrected chi connectivity index (χ0v) is 21.2. The Morgan fingerprint density at radius 1 is 1.06 bits per heavy atom. The van der Waals surface area contributed by atoms with Gasteiger partial charge in [-0.15, -0.1) is 11.3 Å². The van der Waals surface area contributed by atoms with E-state index in [9.17, 15) is 13.5 Å². The third-order valence-corrected chi connectivity index (χ3v) is 8.00. The lowest BCUT2D eigenvalue weighted by molar-refractivity contribution is 0.0735. The van der Waals surface area contributed by atoms with Gasteiger partial charge in [0, 0.05) is 11.1 Å². The summed E-state index contributed by atoms with van der Waals surface area (Å²) in [6, 6.07) is 18.8. The van der Waals surface area contributed by atoms with Crippen LogP contribution in [0.2, 0.25) is 5.02 Å². The lowest BCUT2D eigenvalue weighted by Crippen LogP contribution is -2.17. The van der Waals surface area contributed by atoms with Gasteiger partial charge in [0.15, 0.2) is 9.84 Å². The van der Waals surface area contributed by atoms with Crippen molar-refractivity contribution in [3.63, 3.8) is 0 Å². The molecule has 4 rings (SSSR count). The molecule has 0 aliphatic carbocycles. The summed E-state index contributed by atoms with van der Waals surface area (Å²) >= 11 is 8.32. The number of rotatable bonds is 6. The molecule has 2 heterocycles. The maximum Gasteiger partial charge on any atom is 0.175 e. The molecule has 0 radical (unpaired) electrons. The summed E-state index contributed by atoms with van der Waals surface area (Å²) in [5.74, 6) is 0. The molecular weight excluding hydrogens is 476 g/mol. The topological polar surface area (TPSA) is 72.2 Å². The Balaban J connectivity index is 1.90. The molecule has 0 aliphatic rings. The highest BCUT2D eigenvalue weighted by Gasteiger charge is 2.30. The van der Waals surface area contributed by atoms with Gasteiger partial charge >= 0.3 is 0 Å². The highest BCUT2D eigenvalue weighted by Crippen LogP contribution is 2.42. The van der Waals surface area contributed by atoms with E-state index in [0.717, 1.165) is 33.0 Å². The number of halogens is 1. The Labute approximate surface area is 203 Å². The summed E-state index contributed by atoms with van der Waals surface area (Å²) in [5, 5.41) is 15.8. The van der Waals surface area contributed by atoms with Crippen molar-refractivity contribution in [2.75, 3.05) is 6.26 Å². The Morgan fingerprint density at radius 2 is 1.76 bits per heavy atom. The molecule has 2 aromatic heterocycles. The van der Waals surface area contributed by atoms with Crippen molar-refractivity contribution in [1.29, 1.82) is 0 Å². The van der Waals surface area contributed by atoms with Gasteiger partial charge in [0.25, 0.3) is 0 Å². The fourth-order valence-corrected chi connectivity index (χ4v) is 5.91. The average Bonchev–Trinajstić information content (AvgIpc) is 3.37. The second-order valence-corrected chi connectivity index (χ2v) is 11.9. The van der Waals surface area contributed by atoms with Crippen molar-refractivity contribution in [2.24, 2.45) is 0 Å².